The number of hydrogen-bond donors (Lipinski definition) is 1. The molecule has 6 rings (SSSR count). The van der Waals surface area contributed by atoms with Gasteiger partial charge in [0, 0.05) is 0 Å². The van der Waals surface area contributed by atoms with Crippen molar-refractivity contribution in [3.63, 3.8) is 0 Å². The van der Waals surface area contributed by atoms with E-state index >= 15 is 0 Å². The Bertz CT molecular complexity index is 1950. The van der Waals surface area contributed by atoms with Crippen LogP contribution in [0.25, 0.3) is 10.9 Å². The van der Waals surface area contributed by atoms with Crippen LogP contribution in [0.15, 0.2) is 61.1 Å². The Balaban J connectivity index is 1.37. The van der Waals surface area contributed by atoms with Crippen LogP contribution in [-0.2, 0) is 0 Å². The second kappa shape index (κ2) is 13.5. The van der Waals surface area contributed by atoms with Crippen molar-refractivity contribution in [3.05, 3.63) is 98.9 Å². The zero-order valence-electron chi connectivity index (χ0n) is 25.3. The summed E-state index contributed by atoms with van der Waals surface area (Å²) in [6.07, 6.45) is 7.17. The van der Waals surface area contributed by atoms with Crippen molar-refractivity contribution in [1.29, 1.82) is 5.26 Å². The maximum absolute atomic E-state index is 13.9. The average Bonchev–Trinajstić information content (AvgIpc) is 3.52. The molecular formula is C33H30AsCl3FN8. The number of nitriles is 1. The topological polar surface area (TPSA) is 95.6 Å². The van der Waals surface area contributed by atoms with Crippen LogP contribution in [0.1, 0.15) is 61.2 Å². The Morgan fingerprint density at radius 2 is 1.85 bits per heavy atom. The zero-order valence-corrected chi connectivity index (χ0v) is 29.5. The number of likely N-dealkylation sites (tertiary alicyclic amines) is 1. The molecule has 1 fully saturated rings. The van der Waals surface area contributed by atoms with Gasteiger partial charge in [0.1, 0.15) is 0 Å². The molecule has 4 heterocycles. The van der Waals surface area contributed by atoms with Crippen LogP contribution in [0.5, 0.6) is 0 Å². The fourth-order valence-electron chi connectivity index (χ4n) is 5.70. The molecule has 1 atom stereocenters. The van der Waals surface area contributed by atoms with Gasteiger partial charge in [-0.15, -0.1) is 0 Å². The molecule has 5 aromatic rings. The van der Waals surface area contributed by atoms with E-state index in [1.807, 2.05) is 35.1 Å². The summed E-state index contributed by atoms with van der Waals surface area (Å²) >= 11 is 18.9. The molecule has 0 aliphatic carbocycles. The number of nitrogens with one attached hydrogen (secondary N) is 1. The molecule has 1 unspecified atom stereocenters. The molecular weight excluding hydrogens is 709 g/mol. The third-order valence-electron chi connectivity index (χ3n) is 8.18. The SMILES string of the molecule is CC(C)(C)N1CCC(n2cc(C([As]c3cc(Cl)c4ncc(C#N)c(Nc5ccc(F)c(Cl)c5)c4c3)c3cccnc3Cl)nn2)CC1. The molecule has 235 valence electrons. The van der Waals surface area contributed by atoms with E-state index in [2.05, 4.69) is 57.3 Å². The number of halogens is 4. The number of nitrogens with zero attached hydrogens (tertiary/aromatic N) is 7. The van der Waals surface area contributed by atoms with E-state index in [-0.39, 0.29) is 21.3 Å². The van der Waals surface area contributed by atoms with Crippen molar-refractivity contribution in [3.8, 4) is 6.07 Å². The Hall–Kier alpha value is -3.25. The molecule has 13 heteroatoms. The van der Waals surface area contributed by atoms with Gasteiger partial charge in [0.2, 0.25) is 0 Å². The van der Waals surface area contributed by atoms with E-state index in [9.17, 15) is 9.65 Å². The Kier molecular flexibility index (Phi) is 9.57. The number of benzene rings is 2. The number of piperidine rings is 1. The molecule has 2 aromatic carbocycles. The van der Waals surface area contributed by atoms with Crippen molar-refractivity contribution in [1.82, 2.24) is 29.9 Å². The molecule has 0 saturated carbocycles. The Labute approximate surface area is 288 Å². The Morgan fingerprint density at radius 1 is 1.07 bits per heavy atom. The number of rotatable bonds is 7. The van der Waals surface area contributed by atoms with Crippen LogP contribution < -0.4 is 9.67 Å². The normalized spacial score (nSPS) is 15.4. The third kappa shape index (κ3) is 6.88. The van der Waals surface area contributed by atoms with Gasteiger partial charge in [-0.1, -0.05) is 0 Å². The minimum absolute atomic E-state index is 0.0328. The summed E-state index contributed by atoms with van der Waals surface area (Å²) in [4.78, 5) is 11.3. The Morgan fingerprint density at radius 3 is 2.54 bits per heavy atom. The molecule has 3 aromatic heterocycles. The van der Waals surface area contributed by atoms with Crippen LogP contribution in [0, 0.1) is 17.1 Å². The van der Waals surface area contributed by atoms with Gasteiger partial charge in [-0.3, -0.25) is 0 Å². The third-order valence-corrected chi connectivity index (χ3v) is 11.9. The number of anilines is 2. The molecule has 0 spiro atoms. The molecule has 1 saturated heterocycles. The predicted molar refractivity (Wildman–Crippen MR) is 182 cm³/mol. The summed E-state index contributed by atoms with van der Waals surface area (Å²) in [6.45, 7) is 8.75. The van der Waals surface area contributed by atoms with Crippen molar-refractivity contribution >= 4 is 77.2 Å². The maximum atomic E-state index is 13.9. The van der Waals surface area contributed by atoms with E-state index in [0.717, 1.165) is 41.5 Å². The summed E-state index contributed by atoms with van der Waals surface area (Å²) in [6, 6.07) is 14.5. The standard InChI is InChI=1S/C33H30AsCl3FN8/c1-33(2,3)45-11-8-22(9-12-45)46-18-28(43-44-46)29(23-5-4-10-40-32(23)37)34-20-13-24-30(42-21-6-7-27(38)25(35)15-21)19(16-39)17-41-31(24)26(36)14-20/h4-7,10,13-15,17-18,22,29H,8-9,11-12H2,1-3H3,(H,41,42). The van der Waals surface area contributed by atoms with Crippen LogP contribution in [0.3, 0.4) is 0 Å². The van der Waals surface area contributed by atoms with Gasteiger partial charge in [-0.05, 0) is 0 Å². The summed E-state index contributed by atoms with van der Waals surface area (Å²) in [5.41, 5.74) is 3.68. The second-order valence-corrected chi connectivity index (χ2v) is 16.0. The number of pyridine rings is 2. The molecule has 1 aliphatic rings. The monoisotopic (exact) mass is 737 g/mol. The number of hydrogen-bond acceptors (Lipinski definition) is 7. The first-order valence-electron chi connectivity index (χ1n) is 14.7. The summed E-state index contributed by atoms with van der Waals surface area (Å²) in [5, 5.41) is 23.9. The van der Waals surface area contributed by atoms with Crippen LogP contribution >= 0.6 is 34.8 Å². The first-order chi connectivity index (χ1) is 22.0. The molecule has 1 radical (unpaired) electrons. The van der Waals surface area contributed by atoms with Crippen molar-refractivity contribution in [2.75, 3.05) is 18.4 Å². The van der Waals surface area contributed by atoms with E-state index < -0.39 is 21.6 Å². The van der Waals surface area contributed by atoms with E-state index in [0.29, 0.717) is 38.0 Å². The average molecular weight is 739 g/mol. The van der Waals surface area contributed by atoms with Crippen molar-refractivity contribution < 1.29 is 4.39 Å². The molecule has 1 N–H and O–H groups in total. The molecule has 46 heavy (non-hydrogen) atoms. The second-order valence-electron chi connectivity index (χ2n) is 12.2. The molecule has 0 amide bonds. The zero-order chi connectivity index (χ0) is 32.6. The van der Waals surface area contributed by atoms with E-state index in [4.69, 9.17) is 34.8 Å². The van der Waals surface area contributed by atoms with Gasteiger partial charge in [0.05, 0.1) is 0 Å². The minimum atomic E-state index is -0.674. The summed E-state index contributed by atoms with van der Waals surface area (Å²) < 4.78 is 16.6. The van der Waals surface area contributed by atoms with Gasteiger partial charge in [-0.2, -0.15) is 0 Å². The van der Waals surface area contributed by atoms with Gasteiger partial charge in [-0.25, -0.2) is 0 Å². The van der Waals surface area contributed by atoms with Gasteiger partial charge in [0.15, 0.2) is 0 Å². The fraction of sp³-hybridized carbons (Fsp3) is 0.303. The van der Waals surface area contributed by atoms with Gasteiger partial charge < -0.3 is 0 Å². The van der Waals surface area contributed by atoms with Crippen LogP contribution in [0.2, 0.25) is 15.2 Å². The molecule has 0 bridgehead atoms. The quantitative estimate of drug-likeness (QED) is 0.137. The van der Waals surface area contributed by atoms with Crippen LogP contribution in [-0.4, -0.2) is 64.2 Å². The summed E-state index contributed by atoms with van der Waals surface area (Å²) in [5.74, 6) is -0.533. The molecule has 8 nitrogen and oxygen atoms in total. The van der Waals surface area contributed by atoms with Crippen molar-refractivity contribution in [2.24, 2.45) is 0 Å². The predicted octanol–water partition coefficient (Wildman–Crippen LogP) is 7.49. The summed E-state index contributed by atoms with van der Waals surface area (Å²) in [7, 11) is 0. The van der Waals surface area contributed by atoms with Gasteiger partial charge in [0.25, 0.3) is 0 Å². The van der Waals surface area contributed by atoms with E-state index in [1.165, 1.54) is 18.3 Å². The van der Waals surface area contributed by atoms with Crippen LogP contribution in [0.4, 0.5) is 15.8 Å². The number of aromatic nitrogens is 5. The first-order valence-corrected chi connectivity index (χ1v) is 17.9. The fourth-order valence-corrected chi connectivity index (χ4v) is 9.44. The number of fused-ring (bicyclic) bond motifs is 1. The van der Waals surface area contributed by atoms with E-state index in [1.54, 1.807) is 12.3 Å². The van der Waals surface area contributed by atoms with Gasteiger partial charge >= 0.3 is 290 Å². The first kappa shape index (κ1) is 32.7. The molecule has 1 aliphatic heterocycles. The van der Waals surface area contributed by atoms with Crippen molar-refractivity contribution in [2.45, 2.75) is 49.9 Å².